The molecule has 0 bridgehead atoms. The van der Waals surface area contributed by atoms with Gasteiger partial charge in [0, 0.05) is 0 Å². The van der Waals surface area contributed by atoms with Crippen LogP contribution in [-0.2, 0) is 16.1 Å². The van der Waals surface area contributed by atoms with Gasteiger partial charge in [0.05, 0.1) is 5.41 Å². The lowest BCUT2D eigenvalue weighted by Gasteiger charge is -2.71. The molecule has 0 N–H and O–H groups in total. The molecule has 1 unspecified atom stereocenters. The first-order chi connectivity index (χ1) is 18.7. The van der Waals surface area contributed by atoms with Crippen LogP contribution in [0.15, 0.2) is 42.0 Å². The molecule has 0 heterocycles. The normalized spacial score (nSPS) is 45.1. The number of hydrogen-bond donors (Lipinski definition) is 0. The van der Waals surface area contributed by atoms with Gasteiger partial charge in [-0.2, -0.15) is 0 Å². The lowest BCUT2D eigenvalue weighted by Crippen LogP contribution is -2.64. The summed E-state index contributed by atoms with van der Waals surface area (Å²) >= 11 is 0. The zero-order valence-corrected chi connectivity index (χ0v) is 26.9. The number of esters is 1. The van der Waals surface area contributed by atoms with Gasteiger partial charge in [0.2, 0.25) is 0 Å². The average Bonchev–Trinajstić information content (AvgIpc) is 2.90. The standard InChI is InChI=1S/C38H56O2/c1-26-16-18-35(6)30(34(26,4)5)17-19-37(8)31(35)15-14-28-29-24-33(2,3)20-22-38(29,23-21-36(28,37)7)32(39)40-25-27-12-10-9-11-13-27/h9-14,26,29-31H,15-25H2,1-8H3/t26?,29-,30-,31+,35-,36+,37+,38-/m0/s1. The molecule has 2 heteroatoms. The minimum atomic E-state index is -0.359. The molecule has 4 fully saturated rings. The van der Waals surface area contributed by atoms with Crippen LogP contribution in [0.4, 0.5) is 0 Å². The Morgan fingerprint density at radius 3 is 2.27 bits per heavy atom. The van der Waals surface area contributed by atoms with Crippen LogP contribution in [0.2, 0.25) is 0 Å². The number of allylic oxidation sites excluding steroid dienone is 2. The Morgan fingerprint density at radius 2 is 1.55 bits per heavy atom. The van der Waals surface area contributed by atoms with Crippen LogP contribution in [0.5, 0.6) is 0 Å². The molecule has 1 aromatic carbocycles. The van der Waals surface area contributed by atoms with Crippen molar-refractivity contribution in [3.8, 4) is 0 Å². The smallest absolute Gasteiger partial charge is 0.313 e. The van der Waals surface area contributed by atoms with Crippen LogP contribution in [0.1, 0.15) is 125 Å². The number of hydrogen-bond acceptors (Lipinski definition) is 2. The Kier molecular flexibility index (Phi) is 6.57. The van der Waals surface area contributed by atoms with Gasteiger partial charge in [-0.1, -0.05) is 97.4 Å². The van der Waals surface area contributed by atoms with Crippen molar-refractivity contribution in [1.82, 2.24) is 0 Å². The Balaban J connectivity index is 1.36. The van der Waals surface area contributed by atoms with Gasteiger partial charge in [-0.05, 0) is 121 Å². The van der Waals surface area contributed by atoms with E-state index < -0.39 is 0 Å². The number of carbonyl (C=O) groups excluding carboxylic acids is 1. The van der Waals surface area contributed by atoms with Gasteiger partial charge in [0.15, 0.2) is 0 Å². The van der Waals surface area contributed by atoms with Crippen molar-refractivity contribution < 1.29 is 9.53 Å². The SMILES string of the molecule is CC1CC[C@]2(C)[C@H]3CC=C4[C@@H]5CC(C)(C)CC[C@]5(C(=O)OCc5ccccc5)CC[C@@]4(C)[C@]3(C)CC[C@H]2C1(C)C. The molecular formula is C38H56O2. The molecule has 2 nitrogen and oxygen atoms in total. The highest BCUT2D eigenvalue weighted by atomic mass is 16.5. The third kappa shape index (κ3) is 3.89. The second kappa shape index (κ2) is 9.21. The first kappa shape index (κ1) is 28.5. The van der Waals surface area contributed by atoms with E-state index in [9.17, 15) is 4.79 Å². The summed E-state index contributed by atoms with van der Waals surface area (Å²) in [6.45, 7) is 20.9. The van der Waals surface area contributed by atoms with Crippen molar-refractivity contribution >= 4 is 5.97 Å². The summed E-state index contributed by atoms with van der Waals surface area (Å²) in [5, 5.41) is 0. The van der Waals surface area contributed by atoms with E-state index in [2.05, 4.69) is 73.6 Å². The van der Waals surface area contributed by atoms with Gasteiger partial charge < -0.3 is 4.74 Å². The molecule has 40 heavy (non-hydrogen) atoms. The van der Waals surface area contributed by atoms with E-state index in [4.69, 9.17) is 4.74 Å². The molecule has 6 rings (SSSR count). The molecule has 0 saturated heterocycles. The van der Waals surface area contributed by atoms with Crippen LogP contribution in [0.3, 0.4) is 0 Å². The highest BCUT2D eigenvalue weighted by Gasteiger charge is 2.69. The number of benzene rings is 1. The van der Waals surface area contributed by atoms with Crippen molar-refractivity contribution in [3.63, 3.8) is 0 Å². The number of rotatable bonds is 3. The minimum Gasteiger partial charge on any atom is -0.460 e. The molecule has 0 amide bonds. The lowest BCUT2D eigenvalue weighted by molar-refractivity contribution is -0.197. The van der Waals surface area contributed by atoms with E-state index in [1.165, 1.54) is 32.1 Å². The number of ether oxygens (including phenoxy) is 1. The third-order valence-electron chi connectivity index (χ3n) is 14.8. The molecule has 0 aromatic heterocycles. The molecule has 5 aliphatic rings. The summed E-state index contributed by atoms with van der Waals surface area (Å²) in [6, 6.07) is 10.2. The first-order valence-corrected chi connectivity index (χ1v) is 16.6. The van der Waals surface area contributed by atoms with Gasteiger partial charge in [-0.25, -0.2) is 0 Å². The van der Waals surface area contributed by atoms with Crippen LogP contribution in [0.25, 0.3) is 0 Å². The third-order valence-corrected chi connectivity index (χ3v) is 14.8. The van der Waals surface area contributed by atoms with E-state index in [1.54, 1.807) is 5.57 Å². The van der Waals surface area contributed by atoms with E-state index in [0.717, 1.165) is 55.4 Å². The molecule has 8 atom stereocenters. The molecule has 5 aliphatic carbocycles. The highest BCUT2D eigenvalue weighted by Crippen LogP contribution is 2.76. The Morgan fingerprint density at radius 1 is 0.850 bits per heavy atom. The van der Waals surface area contributed by atoms with Crippen molar-refractivity contribution in [1.29, 1.82) is 0 Å². The fourth-order valence-electron chi connectivity index (χ4n) is 11.7. The summed E-state index contributed by atoms with van der Waals surface area (Å²) in [7, 11) is 0. The zero-order valence-electron chi connectivity index (χ0n) is 26.9. The zero-order chi connectivity index (χ0) is 28.8. The Bertz CT molecular complexity index is 1180. The first-order valence-electron chi connectivity index (χ1n) is 16.6. The van der Waals surface area contributed by atoms with Crippen molar-refractivity contribution in [2.24, 2.45) is 56.2 Å². The molecule has 0 spiro atoms. The fourth-order valence-corrected chi connectivity index (χ4v) is 11.7. The summed E-state index contributed by atoms with van der Waals surface area (Å²) < 4.78 is 6.19. The maximum atomic E-state index is 14.2. The number of carbonyl (C=O) groups is 1. The van der Waals surface area contributed by atoms with Crippen LogP contribution in [0, 0.1) is 56.2 Å². The molecule has 4 saturated carbocycles. The minimum absolute atomic E-state index is 0.0748. The van der Waals surface area contributed by atoms with Crippen molar-refractivity contribution in [2.45, 2.75) is 126 Å². The molecule has 0 radical (unpaired) electrons. The summed E-state index contributed by atoms with van der Waals surface area (Å²) in [5.41, 5.74) is 3.91. The highest BCUT2D eigenvalue weighted by molar-refractivity contribution is 5.79. The quantitative estimate of drug-likeness (QED) is 0.279. The van der Waals surface area contributed by atoms with Crippen LogP contribution >= 0.6 is 0 Å². The Hall–Kier alpha value is -1.57. The fraction of sp³-hybridized carbons (Fsp3) is 0.763. The lowest BCUT2D eigenvalue weighted by atomic mass is 9.33. The topological polar surface area (TPSA) is 26.3 Å². The monoisotopic (exact) mass is 544 g/mol. The van der Waals surface area contributed by atoms with E-state index in [0.29, 0.717) is 28.8 Å². The molecule has 0 aliphatic heterocycles. The predicted octanol–water partition coefficient (Wildman–Crippen LogP) is 10.2. The Labute approximate surface area is 245 Å². The second-order valence-corrected chi connectivity index (χ2v) is 17.2. The van der Waals surface area contributed by atoms with E-state index >= 15 is 0 Å². The largest absolute Gasteiger partial charge is 0.460 e. The molecular weight excluding hydrogens is 488 g/mol. The summed E-state index contributed by atoms with van der Waals surface area (Å²) in [6.07, 6.45) is 14.7. The van der Waals surface area contributed by atoms with Crippen molar-refractivity contribution in [2.75, 3.05) is 0 Å². The van der Waals surface area contributed by atoms with Gasteiger partial charge in [-0.15, -0.1) is 0 Å². The van der Waals surface area contributed by atoms with E-state index in [-0.39, 0.29) is 22.2 Å². The van der Waals surface area contributed by atoms with E-state index in [1.807, 2.05) is 18.2 Å². The average molecular weight is 545 g/mol. The van der Waals surface area contributed by atoms with Gasteiger partial charge in [-0.3, -0.25) is 4.79 Å². The number of fused-ring (bicyclic) bond motifs is 7. The predicted molar refractivity (Wildman–Crippen MR) is 164 cm³/mol. The van der Waals surface area contributed by atoms with Crippen LogP contribution < -0.4 is 0 Å². The second-order valence-electron chi connectivity index (χ2n) is 17.2. The van der Waals surface area contributed by atoms with Gasteiger partial charge in [0.25, 0.3) is 0 Å². The summed E-state index contributed by atoms with van der Waals surface area (Å²) in [5.74, 6) is 2.73. The molecule has 1 aromatic rings. The van der Waals surface area contributed by atoms with Gasteiger partial charge >= 0.3 is 5.97 Å². The summed E-state index contributed by atoms with van der Waals surface area (Å²) in [4.78, 5) is 14.2. The molecule has 220 valence electrons. The van der Waals surface area contributed by atoms with Crippen molar-refractivity contribution in [3.05, 3.63) is 47.5 Å². The maximum absolute atomic E-state index is 14.2. The van der Waals surface area contributed by atoms with Gasteiger partial charge in [0.1, 0.15) is 6.61 Å². The maximum Gasteiger partial charge on any atom is 0.313 e. The van der Waals surface area contributed by atoms with Crippen LogP contribution in [-0.4, -0.2) is 5.97 Å².